The molecule has 1 amide bonds. The predicted octanol–water partition coefficient (Wildman–Crippen LogP) is 6.38. The van der Waals surface area contributed by atoms with Crippen molar-refractivity contribution in [3.05, 3.63) is 101 Å². The predicted molar refractivity (Wildman–Crippen MR) is 135 cm³/mol. The first kappa shape index (κ1) is 22.9. The summed E-state index contributed by atoms with van der Waals surface area (Å²) < 4.78 is 7.88. The van der Waals surface area contributed by atoms with Crippen molar-refractivity contribution in [1.82, 2.24) is 9.88 Å². The van der Waals surface area contributed by atoms with Crippen LogP contribution < -0.4 is 10.1 Å². The van der Waals surface area contributed by atoms with Gasteiger partial charge in [-0.1, -0.05) is 60.1 Å². The largest absolute Gasteiger partial charge is 0.491 e. The van der Waals surface area contributed by atoms with E-state index in [-0.39, 0.29) is 12.0 Å². The second kappa shape index (κ2) is 10.6. The zero-order chi connectivity index (χ0) is 23.2. The van der Waals surface area contributed by atoms with Crippen molar-refractivity contribution in [2.24, 2.45) is 0 Å². The molecule has 0 saturated carbocycles. The Morgan fingerprint density at radius 2 is 1.70 bits per heavy atom. The molecule has 1 heterocycles. The Morgan fingerprint density at radius 1 is 0.970 bits per heavy atom. The Kier molecular flexibility index (Phi) is 7.36. The fourth-order valence-electron chi connectivity index (χ4n) is 3.96. The van der Waals surface area contributed by atoms with Crippen molar-refractivity contribution in [2.45, 2.75) is 45.9 Å². The van der Waals surface area contributed by atoms with Crippen LogP contribution in [-0.2, 0) is 24.3 Å². The molecule has 0 spiro atoms. The number of ether oxygens (including phenoxy) is 1. The highest BCUT2D eigenvalue weighted by Crippen LogP contribution is 2.25. The SMILES string of the molecule is CC(C)Oc1ccc(CNC(=O)CCc2cn(Cc3ccccc3Cl)c3ccccc23)cc1. The molecule has 1 aromatic heterocycles. The van der Waals surface area contributed by atoms with E-state index in [4.69, 9.17) is 16.3 Å². The topological polar surface area (TPSA) is 43.3 Å². The average Bonchev–Trinajstić information content (AvgIpc) is 3.16. The number of aromatic nitrogens is 1. The van der Waals surface area contributed by atoms with Crippen molar-refractivity contribution in [3.8, 4) is 5.75 Å². The lowest BCUT2D eigenvalue weighted by molar-refractivity contribution is -0.121. The van der Waals surface area contributed by atoms with Crippen molar-refractivity contribution in [1.29, 1.82) is 0 Å². The Hall–Kier alpha value is -3.24. The number of para-hydroxylation sites is 1. The van der Waals surface area contributed by atoms with Gasteiger partial charge >= 0.3 is 0 Å². The molecular weight excluding hydrogens is 432 g/mol. The van der Waals surface area contributed by atoms with Crippen LogP contribution in [0.15, 0.2) is 79.0 Å². The van der Waals surface area contributed by atoms with Crippen LogP contribution in [-0.4, -0.2) is 16.6 Å². The summed E-state index contributed by atoms with van der Waals surface area (Å²) in [4.78, 5) is 12.5. The molecule has 0 radical (unpaired) electrons. The second-order valence-corrected chi connectivity index (χ2v) is 8.89. The van der Waals surface area contributed by atoms with E-state index in [1.807, 2.05) is 74.5 Å². The molecule has 0 fully saturated rings. The quantitative estimate of drug-likeness (QED) is 0.315. The summed E-state index contributed by atoms with van der Waals surface area (Å²) in [7, 11) is 0. The van der Waals surface area contributed by atoms with Gasteiger partial charge in [0, 0.05) is 41.6 Å². The molecule has 170 valence electrons. The molecule has 4 nitrogen and oxygen atoms in total. The van der Waals surface area contributed by atoms with E-state index in [9.17, 15) is 4.79 Å². The fourth-order valence-corrected chi connectivity index (χ4v) is 4.15. The average molecular weight is 461 g/mol. The lowest BCUT2D eigenvalue weighted by Crippen LogP contribution is -2.22. The highest BCUT2D eigenvalue weighted by atomic mass is 35.5. The molecule has 0 atom stereocenters. The molecule has 0 saturated heterocycles. The molecule has 0 unspecified atom stereocenters. The molecule has 0 aliphatic rings. The number of aryl methyl sites for hydroxylation is 1. The molecule has 1 N–H and O–H groups in total. The van der Waals surface area contributed by atoms with Crippen molar-refractivity contribution >= 4 is 28.4 Å². The number of fused-ring (bicyclic) bond motifs is 1. The van der Waals surface area contributed by atoms with Gasteiger partial charge in [0.1, 0.15) is 5.75 Å². The number of amides is 1. The summed E-state index contributed by atoms with van der Waals surface area (Å²) in [6.07, 6.45) is 3.41. The summed E-state index contributed by atoms with van der Waals surface area (Å²) in [6.45, 7) is 5.21. The molecule has 0 aliphatic heterocycles. The Morgan fingerprint density at radius 3 is 2.45 bits per heavy atom. The number of benzene rings is 3. The highest BCUT2D eigenvalue weighted by molar-refractivity contribution is 6.31. The van der Waals surface area contributed by atoms with Crippen LogP contribution in [0, 0.1) is 0 Å². The van der Waals surface area contributed by atoms with E-state index >= 15 is 0 Å². The molecule has 4 aromatic rings. The first-order valence-corrected chi connectivity index (χ1v) is 11.7. The maximum Gasteiger partial charge on any atom is 0.220 e. The van der Waals surface area contributed by atoms with Crippen LogP contribution in [0.2, 0.25) is 5.02 Å². The number of halogens is 1. The summed E-state index contributed by atoms with van der Waals surface area (Å²) in [6, 6.07) is 24.1. The summed E-state index contributed by atoms with van der Waals surface area (Å²) in [5.74, 6) is 0.883. The molecule has 5 heteroatoms. The molecule has 0 aliphatic carbocycles. The van der Waals surface area contributed by atoms with E-state index in [1.165, 1.54) is 10.9 Å². The number of hydrogen-bond acceptors (Lipinski definition) is 2. The fraction of sp³-hybridized carbons (Fsp3) is 0.250. The first-order valence-electron chi connectivity index (χ1n) is 11.3. The van der Waals surface area contributed by atoms with Gasteiger partial charge in [-0.05, 0) is 61.2 Å². The van der Waals surface area contributed by atoms with E-state index in [0.717, 1.165) is 27.4 Å². The van der Waals surface area contributed by atoms with Gasteiger partial charge in [-0.25, -0.2) is 0 Å². The normalized spacial score (nSPS) is 11.2. The Bertz CT molecular complexity index is 1230. The maximum atomic E-state index is 12.5. The number of nitrogens with one attached hydrogen (secondary N) is 1. The number of carbonyl (C=O) groups excluding carboxylic acids is 1. The minimum absolute atomic E-state index is 0.0421. The Labute approximate surface area is 200 Å². The molecule has 3 aromatic carbocycles. The number of nitrogens with zero attached hydrogens (tertiary/aromatic N) is 1. The number of hydrogen-bond donors (Lipinski definition) is 1. The smallest absolute Gasteiger partial charge is 0.220 e. The standard InChI is InChI=1S/C28H29ClN2O2/c1-20(2)33-24-14-11-21(12-15-24)17-30-28(32)16-13-22-18-31(27-10-6-4-8-25(22)27)19-23-7-3-5-9-26(23)29/h3-12,14-15,18,20H,13,16-17,19H2,1-2H3,(H,30,32). The third-order valence-electron chi connectivity index (χ3n) is 5.58. The van der Waals surface area contributed by atoms with Gasteiger partial charge in [0.2, 0.25) is 5.91 Å². The van der Waals surface area contributed by atoms with Crippen LogP contribution in [0.25, 0.3) is 10.9 Å². The van der Waals surface area contributed by atoms with E-state index < -0.39 is 0 Å². The van der Waals surface area contributed by atoms with Crippen LogP contribution in [0.5, 0.6) is 5.75 Å². The third kappa shape index (κ3) is 5.96. The molecule has 4 rings (SSSR count). The van der Waals surface area contributed by atoms with E-state index in [0.29, 0.717) is 25.9 Å². The minimum atomic E-state index is 0.0421. The van der Waals surface area contributed by atoms with Gasteiger partial charge in [-0.2, -0.15) is 0 Å². The van der Waals surface area contributed by atoms with Crippen molar-refractivity contribution < 1.29 is 9.53 Å². The zero-order valence-corrected chi connectivity index (χ0v) is 19.8. The summed E-state index contributed by atoms with van der Waals surface area (Å²) >= 11 is 6.38. The van der Waals surface area contributed by atoms with Gasteiger partial charge in [0.05, 0.1) is 6.10 Å². The third-order valence-corrected chi connectivity index (χ3v) is 5.94. The second-order valence-electron chi connectivity index (χ2n) is 8.48. The summed E-state index contributed by atoms with van der Waals surface area (Å²) in [5.41, 5.74) is 4.45. The molecular formula is C28H29ClN2O2. The highest BCUT2D eigenvalue weighted by Gasteiger charge is 2.11. The van der Waals surface area contributed by atoms with Crippen LogP contribution in [0.3, 0.4) is 0 Å². The lowest BCUT2D eigenvalue weighted by atomic mass is 10.1. The van der Waals surface area contributed by atoms with Gasteiger partial charge in [-0.3, -0.25) is 4.79 Å². The number of rotatable bonds is 9. The van der Waals surface area contributed by atoms with Gasteiger partial charge in [-0.15, -0.1) is 0 Å². The molecule has 33 heavy (non-hydrogen) atoms. The Balaban J connectivity index is 1.38. The van der Waals surface area contributed by atoms with E-state index in [1.54, 1.807) is 0 Å². The first-order chi connectivity index (χ1) is 16.0. The molecule has 0 bridgehead atoms. The van der Waals surface area contributed by atoms with Crippen LogP contribution in [0.1, 0.15) is 37.0 Å². The minimum Gasteiger partial charge on any atom is -0.491 e. The zero-order valence-electron chi connectivity index (χ0n) is 19.1. The lowest BCUT2D eigenvalue weighted by Gasteiger charge is -2.10. The summed E-state index contributed by atoms with van der Waals surface area (Å²) in [5, 5.41) is 4.97. The maximum absolute atomic E-state index is 12.5. The van der Waals surface area contributed by atoms with Gasteiger partial charge in [0.25, 0.3) is 0 Å². The van der Waals surface area contributed by atoms with Crippen molar-refractivity contribution in [2.75, 3.05) is 0 Å². The van der Waals surface area contributed by atoms with Crippen molar-refractivity contribution in [3.63, 3.8) is 0 Å². The van der Waals surface area contributed by atoms with Gasteiger partial charge < -0.3 is 14.6 Å². The van der Waals surface area contributed by atoms with E-state index in [2.05, 4.69) is 28.2 Å². The van der Waals surface area contributed by atoms with Gasteiger partial charge in [0.15, 0.2) is 0 Å². The number of carbonyl (C=O) groups is 1. The van der Waals surface area contributed by atoms with Crippen LogP contribution in [0.4, 0.5) is 0 Å². The van der Waals surface area contributed by atoms with Crippen LogP contribution >= 0.6 is 11.6 Å². The monoisotopic (exact) mass is 460 g/mol.